The van der Waals surface area contributed by atoms with E-state index in [4.69, 9.17) is 0 Å². The van der Waals surface area contributed by atoms with Gasteiger partial charge in [-0.1, -0.05) is 18.6 Å². The van der Waals surface area contributed by atoms with Gasteiger partial charge in [-0.2, -0.15) is 0 Å². The van der Waals surface area contributed by atoms with Gasteiger partial charge in [0.2, 0.25) is 0 Å². The number of ketones is 1. The molecule has 0 N–H and O–H groups in total. The number of carbonyl (C=O) groups excluding carboxylic acids is 1. The van der Waals surface area contributed by atoms with Crippen LogP contribution < -0.4 is 0 Å². The lowest BCUT2D eigenvalue weighted by Crippen LogP contribution is -2.45. The lowest BCUT2D eigenvalue weighted by Gasteiger charge is -2.38. The minimum Gasteiger partial charge on any atom is -0.294 e. The monoisotopic (exact) mass is 310 g/mol. The van der Waals surface area contributed by atoms with Crippen molar-refractivity contribution in [2.24, 2.45) is 5.92 Å². The van der Waals surface area contributed by atoms with Crippen LogP contribution in [0.1, 0.15) is 48.0 Å². The van der Waals surface area contributed by atoms with Crippen LogP contribution in [-0.2, 0) is 9.84 Å². The Morgan fingerprint density at radius 1 is 1.19 bits per heavy atom. The number of carbonyl (C=O) groups is 1. The molecular weight excluding hydrogens is 291 g/mol. The van der Waals surface area contributed by atoms with Gasteiger partial charge >= 0.3 is 0 Å². The fourth-order valence-electron chi connectivity index (χ4n) is 3.60. The number of rotatable bonds is 2. The quantitative estimate of drug-likeness (QED) is 0.789. The van der Waals surface area contributed by atoms with E-state index in [1.165, 1.54) is 6.07 Å². The number of hydrogen-bond donors (Lipinski definition) is 0. The van der Waals surface area contributed by atoms with Gasteiger partial charge in [0, 0.05) is 11.5 Å². The number of hydrogen-bond acceptors (Lipinski definition) is 3. The summed E-state index contributed by atoms with van der Waals surface area (Å²) in [5.74, 6) is -0.781. The first-order chi connectivity index (χ1) is 9.89. The summed E-state index contributed by atoms with van der Waals surface area (Å²) in [5, 5.41) is -0.761. The molecule has 2 aliphatic rings. The Kier molecular flexibility index (Phi) is 3.64. The van der Waals surface area contributed by atoms with Crippen molar-refractivity contribution in [1.82, 2.24) is 0 Å². The van der Waals surface area contributed by atoms with Crippen molar-refractivity contribution in [2.45, 2.75) is 49.5 Å². The molecule has 1 aromatic carbocycles. The Morgan fingerprint density at radius 3 is 2.38 bits per heavy atom. The van der Waals surface area contributed by atoms with Crippen LogP contribution in [0.4, 0.5) is 4.39 Å². The third-order valence-corrected chi connectivity index (χ3v) is 7.62. The number of aryl methyl sites for hydroxylation is 1. The molecule has 0 aromatic heterocycles. The van der Waals surface area contributed by atoms with Crippen LogP contribution in [0.2, 0.25) is 0 Å². The minimum absolute atomic E-state index is 0.110. The molecular formula is C16H19FO3S. The maximum atomic E-state index is 13.6. The Labute approximate surface area is 124 Å². The average Bonchev–Trinajstić information content (AvgIpc) is 2.40. The van der Waals surface area contributed by atoms with Crippen LogP contribution in [-0.4, -0.2) is 24.7 Å². The molecule has 0 amide bonds. The largest absolute Gasteiger partial charge is 0.294 e. The van der Waals surface area contributed by atoms with E-state index in [-0.39, 0.29) is 28.0 Å². The number of halogens is 1. The summed E-state index contributed by atoms with van der Waals surface area (Å²) >= 11 is 0. The minimum atomic E-state index is -3.06. The highest BCUT2D eigenvalue weighted by Crippen LogP contribution is 2.40. The van der Waals surface area contributed by atoms with E-state index in [2.05, 4.69) is 0 Å². The lowest BCUT2D eigenvalue weighted by molar-refractivity contribution is 0.0893. The van der Waals surface area contributed by atoms with Crippen molar-refractivity contribution in [3.05, 3.63) is 35.1 Å². The van der Waals surface area contributed by atoms with E-state index in [0.717, 1.165) is 6.42 Å². The molecule has 2 unspecified atom stereocenters. The Morgan fingerprint density at radius 2 is 1.81 bits per heavy atom. The second kappa shape index (κ2) is 5.20. The summed E-state index contributed by atoms with van der Waals surface area (Å²) in [7, 11) is -3.06. The molecule has 21 heavy (non-hydrogen) atoms. The smallest absolute Gasteiger partial charge is 0.166 e. The number of sulfone groups is 1. The van der Waals surface area contributed by atoms with Crippen LogP contribution >= 0.6 is 0 Å². The van der Waals surface area contributed by atoms with E-state index < -0.39 is 9.84 Å². The van der Waals surface area contributed by atoms with Crippen LogP contribution in [0.3, 0.4) is 0 Å². The first kappa shape index (κ1) is 14.7. The molecule has 0 spiro atoms. The van der Waals surface area contributed by atoms with Crippen LogP contribution in [0, 0.1) is 18.7 Å². The number of fused-ring (bicyclic) bond motifs is 2. The number of benzene rings is 1. The van der Waals surface area contributed by atoms with Crippen LogP contribution in [0.5, 0.6) is 0 Å². The predicted octanol–water partition coefficient (Wildman–Crippen LogP) is 3.06. The van der Waals surface area contributed by atoms with Crippen LogP contribution in [0.15, 0.2) is 18.2 Å². The van der Waals surface area contributed by atoms with E-state index in [1.54, 1.807) is 19.1 Å². The molecule has 5 heteroatoms. The molecule has 2 heterocycles. The van der Waals surface area contributed by atoms with Crippen molar-refractivity contribution >= 4 is 15.6 Å². The zero-order chi connectivity index (χ0) is 15.2. The summed E-state index contributed by atoms with van der Waals surface area (Å²) in [5.41, 5.74) is 0.870. The molecule has 3 rings (SSSR count). The van der Waals surface area contributed by atoms with Gasteiger partial charge in [0.25, 0.3) is 0 Å². The molecule has 2 aliphatic heterocycles. The Bertz CT molecular complexity index is 661. The SMILES string of the molecule is Cc1ccc(C(=O)C2CC3CCCC(C2)S3(=O)=O)cc1F. The lowest BCUT2D eigenvalue weighted by atomic mass is 9.84. The van der Waals surface area contributed by atoms with Gasteiger partial charge in [-0.3, -0.25) is 4.79 Å². The van der Waals surface area contributed by atoms with Gasteiger partial charge in [0.05, 0.1) is 10.5 Å². The van der Waals surface area contributed by atoms with Crippen LogP contribution in [0.25, 0.3) is 0 Å². The Hall–Kier alpha value is -1.23. The molecule has 3 nitrogen and oxygen atoms in total. The van der Waals surface area contributed by atoms with E-state index in [1.807, 2.05) is 0 Å². The fourth-order valence-corrected chi connectivity index (χ4v) is 6.14. The van der Waals surface area contributed by atoms with E-state index >= 15 is 0 Å². The third kappa shape index (κ3) is 2.52. The fraction of sp³-hybridized carbons (Fsp3) is 0.562. The average molecular weight is 310 g/mol. The second-order valence-corrected chi connectivity index (χ2v) is 8.77. The van der Waals surface area contributed by atoms with Gasteiger partial charge < -0.3 is 0 Å². The van der Waals surface area contributed by atoms with Crippen molar-refractivity contribution in [3.63, 3.8) is 0 Å². The second-order valence-electron chi connectivity index (χ2n) is 6.26. The number of Topliss-reactive ketones (excluding diaryl/α,β-unsaturated/α-hetero) is 1. The van der Waals surface area contributed by atoms with E-state index in [9.17, 15) is 17.6 Å². The molecule has 2 atom stereocenters. The molecule has 0 saturated carbocycles. The Balaban J connectivity index is 1.85. The van der Waals surface area contributed by atoms with Gasteiger partial charge in [-0.25, -0.2) is 12.8 Å². The van der Waals surface area contributed by atoms with Crippen molar-refractivity contribution in [2.75, 3.05) is 0 Å². The molecule has 0 aliphatic carbocycles. The van der Waals surface area contributed by atoms with Gasteiger partial charge in [-0.05, 0) is 44.2 Å². The van der Waals surface area contributed by atoms with Gasteiger partial charge in [-0.15, -0.1) is 0 Å². The maximum Gasteiger partial charge on any atom is 0.166 e. The topological polar surface area (TPSA) is 51.2 Å². The van der Waals surface area contributed by atoms with Gasteiger partial charge in [0.1, 0.15) is 5.82 Å². The highest BCUT2D eigenvalue weighted by atomic mass is 32.2. The molecule has 0 radical (unpaired) electrons. The third-order valence-electron chi connectivity index (χ3n) is 4.90. The van der Waals surface area contributed by atoms with Gasteiger partial charge in [0.15, 0.2) is 15.6 Å². The first-order valence-corrected chi connectivity index (χ1v) is 9.03. The van der Waals surface area contributed by atoms with Crippen molar-refractivity contribution in [1.29, 1.82) is 0 Å². The van der Waals surface area contributed by atoms with Crippen molar-refractivity contribution < 1.29 is 17.6 Å². The van der Waals surface area contributed by atoms with E-state index in [0.29, 0.717) is 36.8 Å². The first-order valence-electron chi connectivity index (χ1n) is 7.42. The molecule has 114 valence electrons. The summed E-state index contributed by atoms with van der Waals surface area (Å²) in [6, 6.07) is 4.51. The molecule has 2 fully saturated rings. The van der Waals surface area contributed by atoms with Crippen molar-refractivity contribution in [3.8, 4) is 0 Å². The summed E-state index contributed by atoms with van der Waals surface area (Å²) < 4.78 is 38.1. The summed E-state index contributed by atoms with van der Waals surface area (Å²) in [4.78, 5) is 12.5. The predicted molar refractivity (Wildman–Crippen MR) is 78.5 cm³/mol. The molecule has 2 saturated heterocycles. The molecule has 2 bridgehead atoms. The normalized spacial score (nSPS) is 30.9. The zero-order valence-corrected chi connectivity index (χ0v) is 12.8. The summed E-state index contributed by atoms with van der Waals surface area (Å²) in [6.45, 7) is 1.65. The standard InChI is InChI=1S/C16H19FO3S/c1-10-5-6-11(9-15(10)17)16(18)12-7-13-3-2-4-14(8-12)21(13,19)20/h5-6,9,12-14H,2-4,7-8H2,1H3. The highest BCUT2D eigenvalue weighted by molar-refractivity contribution is 7.92. The molecule has 1 aromatic rings. The summed E-state index contributed by atoms with van der Waals surface area (Å²) in [6.07, 6.45) is 3.03. The highest BCUT2D eigenvalue weighted by Gasteiger charge is 2.46. The maximum absolute atomic E-state index is 13.6. The zero-order valence-electron chi connectivity index (χ0n) is 12.0.